The third-order valence-corrected chi connectivity index (χ3v) is 3.18. The molecule has 0 saturated heterocycles. The van der Waals surface area contributed by atoms with E-state index in [1.165, 1.54) is 0 Å². The lowest BCUT2D eigenvalue weighted by Gasteiger charge is -2.28. The monoisotopic (exact) mass is 271 g/mol. The molecule has 0 unspecified atom stereocenters. The molecular formula is C15H23F2NO. The van der Waals surface area contributed by atoms with Gasteiger partial charge in [-0.3, -0.25) is 0 Å². The molecule has 2 N–H and O–H groups in total. The van der Waals surface area contributed by atoms with Gasteiger partial charge in [-0.2, -0.15) is 0 Å². The summed E-state index contributed by atoms with van der Waals surface area (Å²) in [6.07, 6.45) is 1.04. The number of halogens is 2. The van der Waals surface area contributed by atoms with Gasteiger partial charge in [-0.25, -0.2) is 8.78 Å². The lowest BCUT2D eigenvalue weighted by atomic mass is 9.87. The smallest absolute Gasteiger partial charge is 0.248 e. The minimum atomic E-state index is -2.46. The highest BCUT2D eigenvalue weighted by Gasteiger charge is 2.34. The number of hydrogen-bond acceptors (Lipinski definition) is 2. The predicted octanol–water partition coefficient (Wildman–Crippen LogP) is 4.50. The van der Waals surface area contributed by atoms with Crippen molar-refractivity contribution in [3.05, 3.63) is 24.3 Å². The van der Waals surface area contributed by atoms with Gasteiger partial charge in [0.1, 0.15) is 5.75 Å². The molecule has 2 rings (SSSR count). The van der Waals surface area contributed by atoms with Crippen molar-refractivity contribution in [1.29, 1.82) is 0 Å². The number of benzene rings is 1. The zero-order chi connectivity index (χ0) is 14.3. The van der Waals surface area contributed by atoms with Crippen LogP contribution < -0.4 is 10.5 Å². The summed E-state index contributed by atoms with van der Waals surface area (Å²) in [6.45, 7) is 4.50. The largest absolute Gasteiger partial charge is 0.493 e. The van der Waals surface area contributed by atoms with Crippen LogP contribution in [0.2, 0.25) is 0 Å². The molecule has 1 aromatic rings. The van der Waals surface area contributed by atoms with E-state index >= 15 is 0 Å². The summed E-state index contributed by atoms with van der Waals surface area (Å²) in [5.41, 5.74) is 6.27. The molecule has 0 atom stereocenters. The van der Waals surface area contributed by atoms with E-state index in [0.717, 1.165) is 0 Å². The van der Waals surface area contributed by atoms with Gasteiger partial charge in [0.25, 0.3) is 0 Å². The van der Waals surface area contributed by atoms with E-state index in [9.17, 15) is 8.78 Å². The summed E-state index contributed by atoms with van der Waals surface area (Å²) in [6, 6.07) is 7.18. The van der Waals surface area contributed by atoms with Crippen LogP contribution in [-0.2, 0) is 0 Å². The third-order valence-electron chi connectivity index (χ3n) is 3.18. The standard InChI is InChI=1S/C13H17F2NO.C2H6/c14-13(15)6-4-10(5-7-13)9-17-12-3-1-2-11(16)8-12;1-2/h1-3,8,10H,4-7,9,16H2;1-2H3. The van der Waals surface area contributed by atoms with Crippen molar-refractivity contribution >= 4 is 5.69 Å². The molecule has 0 aliphatic heterocycles. The molecule has 1 aliphatic rings. The van der Waals surface area contributed by atoms with Crippen molar-refractivity contribution in [2.45, 2.75) is 45.5 Å². The fourth-order valence-electron chi connectivity index (χ4n) is 2.09. The average molecular weight is 271 g/mol. The molecule has 0 amide bonds. The molecule has 2 nitrogen and oxygen atoms in total. The Bertz CT molecular complexity index is 372. The van der Waals surface area contributed by atoms with Gasteiger partial charge in [0, 0.05) is 24.6 Å². The Morgan fingerprint density at radius 1 is 1.26 bits per heavy atom. The number of rotatable bonds is 3. The molecule has 1 fully saturated rings. The first-order valence-corrected chi connectivity index (χ1v) is 6.91. The topological polar surface area (TPSA) is 35.2 Å². The van der Waals surface area contributed by atoms with Crippen LogP contribution in [0.25, 0.3) is 0 Å². The van der Waals surface area contributed by atoms with Crippen LogP contribution in [0.1, 0.15) is 39.5 Å². The zero-order valence-electron chi connectivity index (χ0n) is 11.7. The first-order chi connectivity index (χ1) is 9.05. The molecule has 0 aromatic heterocycles. The Morgan fingerprint density at radius 2 is 1.89 bits per heavy atom. The molecule has 0 bridgehead atoms. The normalized spacial score (nSPS) is 18.3. The molecule has 0 radical (unpaired) electrons. The highest BCUT2D eigenvalue weighted by Crippen LogP contribution is 2.36. The first-order valence-electron chi connectivity index (χ1n) is 6.91. The van der Waals surface area contributed by atoms with Crippen molar-refractivity contribution < 1.29 is 13.5 Å². The maximum atomic E-state index is 12.9. The van der Waals surface area contributed by atoms with Gasteiger partial charge in [0.05, 0.1) is 6.61 Å². The second-order valence-electron chi connectivity index (χ2n) is 4.68. The number of hydrogen-bond donors (Lipinski definition) is 1. The predicted molar refractivity (Wildman–Crippen MR) is 74.6 cm³/mol. The van der Waals surface area contributed by atoms with Crippen LogP contribution in [-0.4, -0.2) is 12.5 Å². The third kappa shape index (κ3) is 5.45. The quantitative estimate of drug-likeness (QED) is 0.821. The summed E-state index contributed by atoms with van der Waals surface area (Å²) in [4.78, 5) is 0. The lowest BCUT2D eigenvalue weighted by molar-refractivity contribution is -0.0498. The fourth-order valence-corrected chi connectivity index (χ4v) is 2.09. The van der Waals surface area contributed by atoms with Crippen LogP contribution in [0.3, 0.4) is 0 Å². The summed E-state index contributed by atoms with van der Waals surface area (Å²) in [7, 11) is 0. The Balaban J connectivity index is 0.000000861. The average Bonchev–Trinajstić information content (AvgIpc) is 2.40. The summed E-state index contributed by atoms with van der Waals surface area (Å²) in [5, 5.41) is 0. The van der Waals surface area contributed by atoms with E-state index in [0.29, 0.717) is 30.9 Å². The molecule has 4 heteroatoms. The summed E-state index contributed by atoms with van der Waals surface area (Å²) < 4.78 is 31.4. The maximum Gasteiger partial charge on any atom is 0.248 e. The SMILES string of the molecule is CC.Nc1cccc(OCC2CCC(F)(F)CC2)c1. The molecule has 19 heavy (non-hydrogen) atoms. The Morgan fingerprint density at radius 3 is 2.47 bits per heavy atom. The number of alkyl halides is 2. The highest BCUT2D eigenvalue weighted by molar-refractivity contribution is 5.43. The first kappa shape index (κ1) is 15.7. The minimum Gasteiger partial charge on any atom is -0.493 e. The van der Waals surface area contributed by atoms with Gasteiger partial charge in [0.15, 0.2) is 0 Å². The summed E-state index contributed by atoms with van der Waals surface area (Å²) >= 11 is 0. The second-order valence-corrected chi connectivity index (χ2v) is 4.68. The van der Waals surface area contributed by atoms with E-state index < -0.39 is 5.92 Å². The van der Waals surface area contributed by atoms with Crippen LogP contribution in [0.15, 0.2) is 24.3 Å². The number of nitrogens with two attached hydrogens (primary N) is 1. The van der Waals surface area contributed by atoms with Crippen LogP contribution >= 0.6 is 0 Å². The minimum absolute atomic E-state index is 0.0159. The Labute approximate surface area is 114 Å². The van der Waals surface area contributed by atoms with Gasteiger partial charge in [-0.1, -0.05) is 19.9 Å². The van der Waals surface area contributed by atoms with Crippen LogP contribution in [0.4, 0.5) is 14.5 Å². The lowest BCUT2D eigenvalue weighted by Crippen LogP contribution is -2.27. The van der Waals surface area contributed by atoms with E-state index in [-0.39, 0.29) is 18.8 Å². The molecule has 1 aromatic carbocycles. The van der Waals surface area contributed by atoms with Crippen molar-refractivity contribution in [3.8, 4) is 5.75 Å². The number of anilines is 1. The van der Waals surface area contributed by atoms with Crippen molar-refractivity contribution in [1.82, 2.24) is 0 Å². The van der Waals surface area contributed by atoms with Crippen LogP contribution in [0, 0.1) is 5.92 Å². The molecule has 1 aliphatic carbocycles. The maximum absolute atomic E-state index is 12.9. The van der Waals surface area contributed by atoms with E-state index in [2.05, 4.69) is 0 Å². The summed E-state index contributed by atoms with van der Waals surface area (Å²) in [5.74, 6) is -1.52. The zero-order valence-corrected chi connectivity index (χ0v) is 11.7. The molecule has 0 spiro atoms. The van der Waals surface area contributed by atoms with Crippen molar-refractivity contribution in [2.24, 2.45) is 5.92 Å². The van der Waals surface area contributed by atoms with E-state index in [4.69, 9.17) is 10.5 Å². The van der Waals surface area contributed by atoms with Crippen LogP contribution in [0.5, 0.6) is 5.75 Å². The van der Waals surface area contributed by atoms with Gasteiger partial charge >= 0.3 is 0 Å². The van der Waals surface area contributed by atoms with Gasteiger partial charge in [0.2, 0.25) is 5.92 Å². The van der Waals surface area contributed by atoms with Gasteiger partial charge in [-0.15, -0.1) is 0 Å². The Hall–Kier alpha value is -1.32. The number of ether oxygens (including phenoxy) is 1. The highest BCUT2D eigenvalue weighted by atomic mass is 19.3. The van der Waals surface area contributed by atoms with Gasteiger partial charge < -0.3 is 10.5 Å². The second kappa shape index (κ2) is 7.31. The molecular weight excluding hydrogens is 248 g/mol. The number of nitrogen functional groups attached to an aromatic ring is 1. The van der Waals surface area contributed by atoms with E-state index in [1.54, 1.807) is 12.1 Å². The molecule has 108 valence electrons. The van der Waals surface area contributed by atoms with Crippen molar-refractivity contribution in [3.63, 3.8) is 0 Å². The van der Waals surface area contributed by atoms with Gasteiger partial charge in [-0.05, 0) is 30.9 Å². The molecule has 0 heterocycles. The Kier molecular flexibility index (Phi) is 6.06. The molecule has 1 saturated carbocycles. The van der Waals surface area contributed by atoms with Crippen molar-refractivity contribution in [2.75, 3.05) is 12.3 Å². The fraction of sp³-hybridized carbons (Fsp3) is 0.600. The van der Waals surface area contributed by atoms with E-state index in [1.807, 2.05) is 26.0 Å².